The molecule has 0 aliphatic rings. The number of hydrogen-bond acceptors (Lipinski definition) is 5. The van der Waals surface area contributed by atoms with E-state index < -0.39 is 6.10 Å². The van der Waals surface area contributed by atoms with Gasteiger partial charge in [0.2, 0.25) is 0 Å². The van der Waals surface area contributed by atoms with Crippen molar-refractivity contribution in [3.05, 3.63) is 60.8 Å². The van der Waals surface area contributed by atoms with Gasteiger partial charge in [-0.15, -0.1) is 0 Å². The smallest absolute Gasteiger partial charge is 0.306 e. The summed E-state index contributed by atoms with van der Waals surface area (Å²) >= 11 is 0. The van der Waals surface area contributed by atoms with E-state index in [9.17, 15) is 9.59 Å². The van der Waals surface area contributed by atoms with Crippen molar-refractivity contribution in [3.8, 4) is 0 Å². The van der Waals surface area contributed by atoms with Gasteiger partial charge in [0.15, 0.2) is 6.10 Å². The highest BCUT2D eigenvalue weighted by molar-refractivity contribution is 5.70. The van der Waals surface area contributed by atoms with Crippen LogP contribution in [0.1, 0.15) is 290 Å². The van der Waals surface area contributed by atoms with Gasteiger partial charge >= 0.3 is 11.9 Å². The van der Waals surface area contributed by atoms with E-state index in [2.05, 4.69) is 81.5 Å². The second-order valence-corrected chi connectivity index (χ2v) is 19.2. The zero-order valence-electron chi connectivity index (χ0n) is 44.2. The summed E-state index contributed by atoms with van der Waals surface area (Å²) in [4.78, 5) is 25.5. The molecule has 0 aliphatic heterocycles. The molecule has 5 nitrogen and oxygen atoms in total. The van der Waals surface area contributed by atoms with Crippen molar-refractivity contribution < 1.29 is 23.8 Å². The molecule has 0 aliphatic carbocycles. The predicted molar refractivity (Wildman–Crippen MR) is 288 cm³/mol. The summed E-state index contributed by atoms with van der Waals surface area (Å²) in [5.41, 5.74) is 0. The minimum absolute atomic E-state index is 0.0775. The highest BCUT2D eigenvalue weighted by Crippen LogP contribution is 2.15. The molecule has 66 heavy (non-hydrogen) atoms. The third kappa shape index (κ3) is 54.2. The molecule has 0 radical (unpaired) electrons. The highest BCUT2D eigenvalue weighted by Gasteiger charge is 2.17. The Labute approximate surface area is 411 Å². The Morgan fingerprint density at radius 2 is 0.682 bits per heavy atom. The standard InChI is InChI=1S/C61H110O5/c1-4-7-10-13-16-19-22-25-28-30-32-35-38-41-44-47-50-53-56-64-57-59(66-61(63)55-52-49-46-43-40-37-33-27-24-21-18-15-12-9-6-3)58-65-60(62)54-51-48-45-42-39-36-34-31-29-26-23-20-17-14-11-8-5-2/h7,10,16,19,25-29,33,59H,4-6,8-9,11-15,17-18,20-24,30-32,34-58H2,1-3H3/b10-7-,19-16-,28-25-,29-26-,33-27-. The van der Waals surface area contributed by atoms with Crippen LogP contribution in [0.5, 0.6) is 0 Å². The largest absolute Gasteiger partial charge is 0.462 e. The summed E-state index contributed by atoms with van der Waals surface area (Å²) in [7, 11) is 0. The van der Waals surface area contributed by atoms with Crippen LogP contribution in [0.4, 0.5) is 0 Å². The molecule has 0 bridgehead atoms. The van der Waals surface area contributed by atoms with Crippen LogP contribution in [-0.4, -0.2) is 37.9 Å². The molecule has 0 aromatic rings. The number of carbonyl (C=O) groups is 2. The van der Waals surface area contributed by atoms with Gasteiger partial charge in [-0.2, -0.15) is 0 Å². The molecule has 0 saturated carbocycles. The normalized spacial score (nSPS) is 12.6. The average Bonchev–Trinajstić information content (AvgIpc) is 3.32. The monoisotopic (exact) mass is 923 g/mol. The van der Waals surface area contributed by atoms with Crippen molar-refractivity contribution in [1.29, 1.82) is 0 Å². The molecular formula is C61H110O5. The molecule has 1 unspecified atom stereocenters. The minimum Gasteiger partial charge on any atom is -0.462 e. The summed E-state index contributed by atoms with van der Waals surface area (Å²) in [6.45, 7) is 7.72. The molecule has 384 valence electrons. The Morgan fingerprint density at radius 3 is 1.11 bits per heavy atom. The van der Waals surface area contributed by atoms with E-state index in [-0.39, 0.29) is 25.2 Å². The van der Waals surface area contributed by atoms with Crippen molar-refractivity contribution >= 4 is 11.9 Å². The van der Waals surface area contributed by atoms with Crippen LogP contribution in [0.2, 0.25) is 0 Å². The zero-order valence-corrected chi connectivity index (χ0v) is 44.2. The summed E-state index contributed by atoms with van der Waals surface area (Å²) in [6, 6.07) is 0. The van der Waals surface area contributed by atoms with E-state index in [1.165, 1.54) is 186 Å². The number of hydrogen-bond donors (Lipinski definition) is 0. The minimum atomic E-state index is -0.547. The first-order chi connectivity index (χ1) is 32.6. The van der Waals surface area contributed by atoms with Crippen LogP contribution < -0.4 is 0 Å². The molecule has 0 saturated heterocycles. The van der Waals surface area contributed by atoms with E-state index in [4.69, 9.17) is 14.2 Å². The molecule has 1 atom stereocenters. The summed E-state index contributed by atoms with van der Waals surface area (Å²) in [6.07, 6.45) is 72.4. The van der Waals surface area contributed by atoms with Gasteiger partial charge in [-0.25, -0.2) is 0 Å². The quantitative estimate of drug-likeness (QED) is 0.0346. The van der Waals surface area contributed by atoms with Crippen LogP contribution in [0.25, 0.3) is 0 Å². The highest BCUT2D eigenvalue weighted by atomic mass is 16.6. The molecule has 0 aromatic carbocycles. The van der Waals surface area contributed by atoms with Gasteiger partial charge in [-0.05, 0) is 103 Å². The molecule has 0 N–H and O–H groups in total. The van der Waals surface area contributed by atoms with Gasteiger partial charge in [0, 0.05) is 19.4 Å². The van der Waals surface area contributed by atoms with E-state index in [0.717, 1.165) is 70.6 Å². The number of ether oxygens (including phenoxy) is 3. The first kappa shape index (κ1) is 63.6. The van der Waals surface area contributed by atoms with E-state index in [1.807, 2.05) is 0 Å². The van der Waals surface area contributed by atoms with Crippen LogP contribution >= 0.6 is 0 Å². The number of allylic oxidation sites excluding steroid dienone is 10. The van der Waals surface area contributed by atoms with Gasteiger partial charge in [0.05, 0.1) is 6.61 Å². The fourth-order valence-corrected chi connectivity index (χ4v) is 8.22. The molecule has 0 aromatic heterocycles. The number of esters is 2. The fourth-order valence-electron chi connectivity index (χ4n) is 8.22. The number of rotatable bonds is 53. The van der Waals surface area contributed by atoms with Crippen molar-refractivity contribution in [2.75, 3.05) is 19.8 Å². The molecular weight excluding hydrogens is 813 g/mol. The lowest BCUT2D eigenvalue weighted by molar-refractivity contribution is -0.163. The number of carbonyl (C=O) groups excluding carboxylic acids is 2. The SMILES string of the molecule is CC/C=C\C/C=C\C/C=C\CCCCCCCCCCOCC(COC(=O)CCCCCCCCC/C=C\CCCCCCCC)OC(=O)CCCCCCC/C=C\CCCCCCCC. The van der Waals surface area contributed by atoms with E-state index >= 15 is 0 Å². The second kappa shape index (κ2) is 56.9. The van der Waals surface area contributed by atoms with Crippen molar-refractivity contribution in [3.63, 3.8) is 0 Å². The lowest BCUT2D eigenvalue weighted by atomic mass is 10.1. The Hall–Kier alpha value is -2.40. The van der Waals surface area contributed by atoms with Crippen LogP contribution in [0.15, 0.2) is 60.8 Å². The number of unbranched alkanes of at least 4 members (excludes halogenated alkanes) is 32. The maximum atomic E-state index is 12.8. The maximum Gasteiger partial charge on any atom is 0.306 e. The lowest BCUT2D eigenvalue weighted by Gasteiger charge is -2.18. The van der Waals surface area contributed by atoms with Crippen LogP contribution in [0, 0.1) is 0 Å². The van der Waals surface area contributed by atoms with Crippen molar-refractivity contribution in [1.82, 2.24) is 0 Å². The van der Waals surface area contributed by atoms with Crippen LogP contribution in [-0.2, 0) is 23.8 Å². The molecule has 0 rings (SSSR count). The molecule has 5 heteroatoms. The third-order valence-corrected chi connectivity index (χ3v) is 12.5. The van der Waals surface area contributed by atoms with Gasteiger partial charge in [-0.3, -0.25) is 9.59 Å². The van der Waals surface area contributed by atoms with E-state index in [1.54, 1.807) is 0 Å². The van der Waals surface area contributed by atoms with Gasteiger partial charge in [-0.1, -0.05) is 236 Å². The summed E-state index contributed by atoms with van der Waals surface area (Å²) < 4.78 is 17.5. The first-order valence-electron chi connectivity index (χ1n) is 28.8. The fraction of sp³-hybridized carbons (Fsp3) is 0.803. The predicted octanol–water partition coefficient (Wildman–Crippen LogP) is 19.7. The van der Waals surface area contributed by atoms with Crippen molar-refractivity contribution in [2.45, 2.75) is 297 Å². The Kier molecular flexibility index (Phi) is 54.9. The Balaban J connectivity index is 4.28. The Morgan fingerprint density at radius 1 is 0.348 bits per heavy atom. The molecule has 0 amide bonds. The van der Waals surface area contributed by atoms with Crippen molar-refractivity contribution in [2.24, 2.45) is 0 Å². The zero-order chi connectivity index (χ0) is 47.7. The lowest BCUT2D eigenvalue weighted by Crippen LogP contribution is -2.30. The molecule has 0 spiro atoms. The topological polar surface area (TPSA) is 61.8 Å². The first-order valence-corrected chi connectivity index (χ1v) is 28.8. The molecule has 0 fully saturated rings. The summed E-state index contributed by atoms with van der Waals surface area (Å²) in [5, 5.41) is 0. The van der Waals surface area contributed by atoms with Gasteiger partial charge in [0.1, 0.15) is 6.61 Å². The average molecular weight is 924 g/mol. The third-order valence-electron chi connectivity index (χ3n) is 12.5. The maximum absolute atomic E-state index is 12.8. The summed E-state index contributed by atoms with van der Waals surface area (Å²) in [5.74, 6) is -0.405. The second-order valence-electron chi connectivity index (χ2n) is 19.2. The molecule has 0 heterocycles. The Bertz CT molecular complexity index is 1130. The van der Waals surface area contributed by atoms with Gasteiger partial charge < -0.3 is 14.2 Å². The van der Waals surface area contributed by atoms with Crippen LogP contribution in [0.3, 0.4) is 0 Å². The van der Waals surface area contributed by atoms with Gasteiger partial charge in [0.25, 0.3) is 0 Å². The van der Waals surface area contributed by atoms with E-state index in [0.29, 0.717) is 19.4 Å².